The molecule has 2 rings (SSSR count). The van der Waals surface area contributed by atoms with Crippen molar-refractivity contribution in [1.29, 1.82) is 0 Å². The lowest BCUT2D eigenvalue weighted by atomic mass is 10.1. The maximum Gasteiger partial charge on any atom is 0.251 e. The zero-order valence-electron chi connectivity index (χ0n) is 12.1. The fourth-order valence-corrected chi connectivity index (χ4v) is 2.27. The molecule has 0 aliphatic carbocycles. The molecule has 0 bridgehead atoms. The minimum absolute atomic E-state index is 0.149. The number of amides is 1. The Kier molecular flexibility index (Phi) is 5.17. The third-order valence-corrected chi connectivity index (χ3v) is 3.45. The lowest BCUT2D eigenvalue weighted by molar-refractivity contribution is 0.0954. The summed E-state index contributed by atoms with van der Waals surface area (Å²) in [5.41, 5.74) is 2.97. The molecular weight excluding hydrogens is 286 g/mol. The first-order chi connectivity index (χ1) is 10.1. The number of aromatic nitrogens is 1. The molecule has 1 amide bonds. The Morgan fingerprint density at radius 1 is 1.29 bits per heavy atom. The first-order valence-electron chi connectivity index (χ1n) is 6.78. The van der Waals surface area contributed by atoms with Gasteiger partial charge >= 0.3 is 0 Å². The lowest BCUT2D eigenvalue weighted by Crippen LogP contribution is -2.26. The molecule has 0 aliphatic heterocycles. The van der Waals surface area contributed by atoms with Crippen LogP contribution in [0.5, 0.6) is 0 Å². The molecule has 0 saturated carbocycles. The van der Waals surface area contributed by atoms with Crippen LogP contribution in [0, 0.1) is 6.92 Å². The second-order valence-corrected chi connectivity index (χ2v) is 5.13. The summed E-state index contributed by atoms with van der Waals surface area (Å²) in [5.74, 6) is 0.427. The van der Waals surface area contributed by atoms with Crippen LogP contribution in [-0.4, -0.2) is 24.5 Å². The minimum atomic E-state index is -0.149. The van der Waals surface area contributed by atoms with Crippen LogP contribution in [0.1, 0.15) is 21.5 Å². The maximum atomic E-state index is 12.1. The van der Waals surface area contributed by atoms with E-state index >= 15 is 0 Å². The molecule has 21 heavy (non-hydrogen) atoms. The van der Waals surface area contributed by atoms with Crippen molar-refractivity contribution >= 4 is 23.3 Å². The van der Waals surface area contributed by atoms with Gasteiger partial charge in [-0.25, -0.2) is 4.98 Å². The Morgan fingerprint density at radius 3 is 2.76 bits per heavy atom. The molecule has 2 aromatic rings. The first-order valence-corrected chi connectivity index (χ1v) is 7.16. The molecule has 5 heteroatoms. The number of hydrogen-bond donors (Lipinski definition) is 2. The molecule has 0 spiro atoms. The number of carbonyl (C=O) groups is 1. The summed E-state index contributed by atoms with van der Waals surface area (Å²) in [6.45, 7) is 2.65. The molecule has 0 unspecified atom stereocenters. The van der Waals surface area contributed by atoms with E-state index in [4.69, 9.17) is 11.6 Å². The van der Waals surface area contributed by atoms with Gasteiger partial charge in [-0.1, -0.05) is 35.9 Å². The lowest BCUT2D eigenvalue weighted by Gasteiger charge is -2.08. The van der Waals surface area contributed by atoms with Gasteiger partial charge in [-0.2, -0.15) is 0 Å². The molecule has 2 N–H and O–H groups in total. The summed E-state index contributed by atoms with van der Waals surface area (Å²) in [6.07, 6.45) is 0.802. The van der Waals surface area contributed by atoms with Gasteiger partial charge in [-0.3, -0.25) is 4.79 Å². The van der Waals surface area contributed by atoms with E-state index in [1.807, 2.05) is 12.1 Å². The average Bonchev–Trinajstić information content (AvgIpc) is 2.48. The van der Waals surface area contributed by atoms with Gasteiger partial charge in [0, 0.05) is 19.2 Å². The third kappa shape index (κ3) is 4.20. The van der Waals surface area contributed by atoms with Crippen molar-refractivity contribution in [2.75, 3.05) is 18.9 Å². The predicted molar refractivity (Wildman–Crippen MR) is 86.0 cm³/mol. The fraction of sp³-hybridized carbons (Fsp3) is 0.250. The molecule has 0 saturated heterocycles. The van der Waals surface area contributed by atoms with Crippen molar-refractivity contribution in [3.63, 3.8) is 0 Å². The number of halogens is 1. The smallest absolute Gasteiger partial charge is 0.251 e. The molecule has 1 heterocycles. The fourth-order valence-electron chi connectivity index (χ4n) is 2.06. The second-order valence-electron chi connectivity index (χ2n) is 4.75. The van der Waals surface area contributed by atoms with Crippen molar-refractivity contribution < 1.29 is 4.79 Å². The number of rotatable bonds is 5. The summed E-state index contributed by atoms with van der Waals surface area (Å²) in [5, 5.41) is 6.07. The highest BCUT2D eigenvalue weighted by atomic mass is 35.5. The summed E-state index contributed by atoms with van der Waals surface area (Å²) in [7, 11) is 1.73. The first kappa shape index (κ1) is 15.3. The Hall–Kier alpha value is -2.07. The zero-order valence-corrected chi connectivity index (χ0v) is 12.9. The van der Waals surface area contributed by atoms with Gasteiger partial charge in [0.15, 0.2) is 0 Å². The van der Waals surface area contributed by atoms with Crippen molar-refractivity contribution in [3.8, 4) is 0 Å². The predicted octanol–water partition coefficient (Wildman–Crippen LogP) is 3.06. The van der Waals surface area contributed by atoms with Crippen LogP contribution in [-0.2, 0) is 6.42 Å². The Bertz CT molecular complexity index is 643. The van der Waals surface area contributed by atoms with Crippen LogP contribution in [0.3, 0.4) is 0 Å². The average molecular weight is 304 g/mol. The van der Waals surface area contributed by atoms with E-state index in [1.165, 1.54) is 11.1 Å². The van der Waals surface area contributed by atoms with Gasteiger partial charge in [0.05, 0.1) is 0 Å². The number of anilines is 1. The number of hydrogen-bond acceptors (Lipinski definition) is 3. The molecule has 1 aromatic carbocycles. The van der Waals surface area contributed by atoms with Crippen LogP contribution >= 0.6 is 11.6 Å². The number of carbonyl (C=O) groups excluding carboxylic acids is 1. The standard InChI is InChI=1S/C16H18ClN3O/c1-11-5-3-4-6-12(11)7-8-19-16(21)13-9-14(17)20-15(10-13)18-2/h3-6,9-10H,7-8H2,1-2H3,(H,18,20)(H,19,21). The number of pyridine rings is 1. The van der Waals surface area contributed by atoms with Gasteiger partial charge < -0.3 is 10.6 Å². The van der Waals surface area contributed by atoms with Crippen molar-refractivity contribution in [3.05, 3.63) is 58.2 Å². The second kappa shape index (κ2) is 7.09. The number of benzene rings is 1. The van der Waals surface area contributed by atoms with E-state index < -0.39 is 0 Å². The van der Waals surface area contributed by atoms with Crippen molar-refractivity contribution in [2.45, 2.75) is 13.3 Å². The van der Waals surface area contributed by atoms with E-state index in [0.717, 1.165) is 6.42 Å². The molecule has 110 valence electrons. The number of nitrogens with zero attached hydrogens (tertiary/aromatic N) is 1. The van der Waals surface area contributed by atoms with E-state index in [1.54, 1.807) is 19.2 Å². The van der Waals surface area contributed by atoms with E-state index in [0.29, 0.717) is 23.1 Å². The van der Waals surface area contributed by atoms with Gasteiger partial charge in [0.1, 0.15) is 11.0 Å². The summed E-state index contributed by atoms with van der Waals surface area (Å²) in [4.78, 5) is 16.2. The molecule has 4 nitrogen and oxygen atoms in total. The van der Waals surface area contributed by atoms with Gasteiger partial charge in [-0.05, 0) is 36.6 Å². The highest BCUT2D eigenvalue weighted by molar-refractivity contribution is 6.29. The van der Waals surface area contributed by atoms with Crippen LogP contribution in [0.4, 0.5) is 5.82 Å². The molecule has 0 atom stereocenters. The molecule has 0 fully saturated rings. The largest absolute Gasteiger partial charge is 0.373 e. The topological polar surface area (TPSA) is 54.0 Å². The minimum Gasteiger partial charge on any atom is -0.373 e. The van der Waals surface area contributed by atoms with Crippen LogP contribution in [0.15, 0.2) is 36.4 Å². The van der Waals surface area contributed by atoms with Crippen LogP contribution in [0.25, 0.3) is 0 Å². The highest BCUT2D eigenvalue weighted by Crippen LogP contribution is 2.14. The maximum absolute atomic E-state index is 12.1. The molecular formula is C16H18ClN3O. The van der Waals surface area contributed by atoms with E-state index in [9.17, 15) is 4.79 Å². The number of aryl methyl sites for hydroxylation is 1. The Labute approximate surface area is 129 Å². The van der Waals surface area contributed by atoms with Crippen molar-refractivity contribution in [1.82, 2.24) is 10.3 Å². The Balaban J connectivity index is 1.96. The summed E-state index contributed by atoms with van der Waals surface area (Å²) in [6, 6.07) is 11.4. The SMILES string of the molecule is CNc1cc(C(=O)NCCc2ccccc2C)cc(Cl)n1. The zero-order chi connectivity index (χ0) is 15.2. The normalized spacial score (nSPS) is 10.2. The summed E-state index contributed by atoms with van der Waals surface area (Å²) >= 11 is 5.89. The quantitative estimate of drug-likeness (QED) is 0.835. The van der Waals surface area contributed by atoms with E-state index in [-0.39, 0.29) is 5.91 Å². The molecule has 1 aromatic heterocycles. The Morgan fingerprint density at radius 2 is 2.05 bits per heavy atom. The van der Waals surface area contributed by atoms with Gasteiger partial charge in [0.2, 0.25) is 0 Å². The van der Waals surface area contributed by atoms with Gasteiger partial charge in [0.25, 0.3) is 5.91 Å². The third-order valence-electron chi connectivity index (χ3n) is 3.25. The summed E-state index contributed by atoms with van der Waals surface area (Å²) < 4.78 is 0. The number of nitrogens with one attached hydrogen (secondary N) is 2. The van der Waals surface area contributed by atoms with Gasteiger partial charge in [-0.15, -0.1) is 0 Å². The van der Waals surface area contributed by atoms with Crippen LogP contribution in [0.2, 0.25) is 5.15 Å². The highest BCUT2D eigenvalue weighted by Gasteiger charge is 2.08. The molecule has 0 aliphatic rings. The van der Waals surface area contributed by atoms with E-state index in [2.05, 4.69) is 34.7 Å². The monoisotopic (exact) mass is 303 g/mol. The van der Waals surface area contributed by atoms with Crippen molar-refractivity contribution in [2.24, 2.45) is 0 Å². The van der Waals surface area contributed by atoms with Crippen LogP contribution < -0.4 is 10.6 Å². The molecule has 0 radical (unpaired) electrons.